The average molecular weight is 164 g/mol. The van der Waals surface area contributed by atoms with E-state index in [2.05, 4.69) is 18.6 Å². The molecule has 0 aliphatic carbocycles. The highest BCUT2D eigenvalue weighted by Gasteiger charge is 1.86. The summed E-state index contributed by atoms with van der Waals surface area (Å²) < 4.78 is 0. The Labute approximate surface area is 67.6 Å². The van der Waals surface area contributed by atoms with E-state index in [1.807, 2.05) is 0 Å². The Morgan fingerprint density at radius 3 is 2.33 bits per heavy atom. The molecule has 0 aliphatic heterocycles. The van der Waals surface area contributed by atoms with Gasteiger partial charge in [0.15, 0.2) is 0 Å². The minimum absolute atomic E-state index is 1.22. The molecule has 2 heteroatoms. The van der Waals surface area contributed by atoms with Gasteiger partial charge >= 0.3 is 0 Å². The van der Waals surface area contributed by atoms with Crippen molar-refractivity contribution < 1.29 is 0 Å². The van der Waals surface area contributed by atoms with Crippen molar-refractivity contribution in [2.45, 2.75) is 39.0 Å². The summed E-state index contributed by atoms with van der Waals surface area (Å²) in [5.74, 6) is 1.22. The lowest BCUT2D eigenvalue weighted by atomic mass is 10.2. The van der Waals surface area contributed by atoms with Crippen LogP contribution < -0.4 is 0 Å². The minimum Gasteiger partial charge on any atom is -0.111 e. The molecule has 0 bridgehead atoms. The Kier molecular flexibility index (Phi) is 9.38. The fraction of sp³-hybridized carbons (Fsp3) is 1.00. The summed E-state index contributed by atoms with van der Waals surface area (Å²) in [5.41, 5.74) is 0. The normalized spacial score (nSPS) is 10.0. The average Bonchev–Trinajstić information content (AvgIpc) is 1.89. The molecule has 0 N–H and O–H groups in total. The van der Waals surface area contributed by atoms with Crippen molar-refractivity contribution in [1.29, 1.82) is 0 Å². The maximum atomic E-state index is 4.06. The van der Waals surface area contributed by atoms with Gasteiger partial charge in [-0.05, 0) is 6.42 Å². The molecule has 0 amide bonds. The van der Waals surface area contributed by atoms with Crippen LogP contribution in [0.25, 0.3) is 0 Å². The van der Waals surface area contributed by atoms with Crippen molar-refractivity contribution in [2.75, 3.05) is 5.75 Å². The lowest BCUT2D eigenvalue weighted by Crippen LogP contribution is -1.78. The van der Waals surface area contributed by atoms with Gasteiger partial charge in [-0.3, -0.25) is 0 Å². The van der Waals surface area contributed by atoms with Crippen LogP contribution >= 0.6 is 22.5 Å². The van der Waals surface area contributed by atoms with Crippen molar-refractivity contribution in [3.63, 3.8) is 0 Å². The summed E-state index contributed by atoms with van der Waals surface area (Å²) in [6.45, 7) is 2.24. The quantitative estimate of drug-likeness (QED) is 0.356. The van der Waals surface area contributed by atoms with Crippen molar-refractivity contribution >= 4 is 22.5 Å². The first-order valence-corrected chi connectivity index (χ1v) is 5.72. The summed E-state index contributed by atoms with van der Waals surface area (Å²) in [7, 11) is 1.65. The molecule has 0 aromatic carbocycles. The molecule has 0 rings (SSSR count). The second kappa shape index (κ2) is 8.70. The fourth-order valence-corrected chi connectivity index (χ4v) is 1.49. The Balaban J connectivity index is 2.60. The molecule has 9 heavy (non-hydrogen) atoms. The molecule has 0 radical (unpaired) electrons. The zero-order valence-corrected chi connectivity index (χ0v) is 7.81. The summed E-state index contributed by atoms with van der Waals surface area (Å²) >= 11 is 4.06. The molecule has 0 spiro atoms. The number of unbranched alkanes of at least 4 members (excludes halogenated alkanes) is 4. The minimum atomic E-state index is 1.22. The van der Waals surface area contributed by atoms with E-state index in [9.17, 15) is 0 Å². The number of rotatable bonds is 6. The Morgan fingerprint density at radius 1 is 1.11 bits per heavy atom. The van der Waals surface area contributed by atoms with Crippen LogP contribution in [0.2, 0.25) is 0 Å². The molecular formula is C7H16S2. The molecule has 0 unspecified atom stereocenters. The molecule has 0 heterocycles. The molecule has 0 atom stereocenters. The third-order valence-electron chi connectivity index (χ3n) is 1.34. The first-order chi connectivity index (χ1) is 4.41. The second-order valence-corrected chi connectivity index (χ2v) is 3.69. The SMILES string of the molecule is CCCCCCCSS. The largest absolute Gasteiger partial charge is 0.111 e. The highest BCUT2D eigenvalue weighted by molar-refractivity contribution is 8.68. The monoisotopic (exact) mass is 164 g/mol. The van der Waals surface area contributed by atoms with E-state index < -0.39 is 0 Å². The van der Waals surface area contributed by atoms with Crippen molar-refractivity contribution in [3.8, 4) is 0 Å². The van der Waals surface area contributed by atoms with Crippen LogP contribution in [0, 0.1) is 0 Å². The van der Waals surface area contributed by atoms with Crippen molar-refractivity contribution in [2.24, 2.45) is 0 Å². The highest BCUT2D eigenvalue weighted by atomic mass is 33.1. The Bertz CT molecular complexity index is 40.2. The van der Waals surface area contributed by atoms with Gasteiger partial charge in [0.05, 0.1) is 0 Å². The summed E-state index contributed by atoms with van der Waals surface area (Å²) in [4.78, 5) is 0. The van der Waals surface area contributed by atoms with Crippen molar-refractivity contribution in [3.05, 3.63) is 0 Å². The molecule has 56 valence electrons. The molecule has 0 aromatic rings. The van der Waals surface area contributed by atoms with E-state index in [4.69, 9.17) is 0 Å². The molecule has 0 aromatic heterocycles. The lowest BCUT2D eigenvalue weighted by Gasteiger charge is -1.95. The van der Waals surface area contributed by atoms with E-state index in [1.165, 1.54) is 37.9 Å². The van der Waals surface area contributed by atoms with Crippen LogP contribution in [0.15, 0.2) is 0 Å². The third kappa shape index (κ3) is 8.70. The van der Waals surface area contributed by atoms with Gasteiger partial charge in [0, 0.05) is 5.75 Å². The zero-order valence-electron chi connectivity index (χ0n) is 6.10. The van der Waals surface area contributed by atoms with Gasteiger partial charge in [0.25, 0.3) is 0 Å². The van der Waals surface area contributed by atoms with Crippen LogP contribution in [0.1, 0.15) is 39.0 Å². The molecular weight excluding hydrogens is 148 g/mol. The summed E-state index contributed by atoms with van der Waals surface area (Å²) in [6.07, 6.45) is 6.88. The van der Waals surface area contributed by atoms with Gasteiger partial charge < -0.3 is 0 Å². The van der Waals surface area contributed by atoms with Gasteiger partial charge in [-0.25, -0.2) is 0 Å². The molecule has 0 fully saturated rings. The predicted octanol–water partition coefficient (Wildman–Crippen LogP) is 3.53. The topological polar surface area (TPSA) is 0 Å². The smallest absolute Gasteiger partial charge is 0.00345 e. The molecule has 0 aliphatic rings. The van der Waals surface area contributed by atoms with Crippen molar-refractivity contribution in [1.82, 2.24) is 0 Å². The van der Waals surface area contributed by atoms with E-state index >= 15 is 0 Å². The fourth-order valence-electron chi connectivity index (χ4n) is 0.770. The van der Waals surface area contributed by atoms with Crippen LogP contribution in [0.3, 0.4) is 0 Å². The third-order valence-corrected chi connectivity index (χ3v) is 2.36. The van der Waals surface area contributed by atoms with E-state index in [0.29, 0.717) is 0 Å². The first kappa shape index (κ1) is 9.70. The van der Waals surface area contributed by atoms with E-state index in [0.717, 1.165) is 0 Å². The van der Waals surface area contributed by atoms with Gasteiger partial charge in [-0.2, -0.15) is 0 Å². The number of thiol groups is 1. The van der Waals surface area contributed by atoms with E-state index in [-0.39, 0.29) is 0 Å². The molecule has 0 nitrogen and oxygen atoms in total. The maximum Gasteiger partial charge on any atom is 0.00345 e. The zero-order chi connectivity index (χ0) is 6.95. The lowest BCUT2D eigenvalue weighted by molar-refractivity contribution is 0.660. The molecule has 0 saturated heterocycles. The number of hydrogen-bond donors (Lipinski definition) is 1. The highest BCUT2D eigenvalue weighted by Crippen LogP contribution is 2.10. The summed E-state index contributed by atoms with van der Waals surface area (Å²) in [6, 6.07) is 0. The maximum absolute atomic E-state index is 4.06. The Hall–Kier alpha value is 0.700. The van der Waals surface area contributed by atoms with Gasteiger partial charge in [-0.1, -0.05) is 43.4 Å². The van der Waals surface area contributed by atoms with E-state index in [1.54, 1.807) is 10.8 Å². The molecule has 0 saturated carbocycles. The van der Waals surface area contributed by atoms with Gasteiger partial charge in [-0.15, -0.1) is 11.7 Å². The predicted molar refractivity (Wildman–Crippen MR) is 50.2 cm³/mol. The second-order valence-electron chi connectivity index (χ2n) is 2.25. The van der Waals surface area contributed by atoms with Gasteiger partial charge in [0.2, 0.25) is 0 Å². The standard InChI is InChI=1S/C7H16S2/c1-2-3-4-5-6-7-9-8/h8H,2-7H2,1H3. The Morgan fingerprint density at radius 2 is 1.78 bits per heavy atom. The summed E-state index contributed by atoms with van der Waals surface area (Å²) in [5, 5.41) is 0. The number of hydrogen-bond acceptors (Lipinski definition) is 2. The van der Waals surface area contributed by atoms with Crippen LogP contribution in [0.5, 0.6) is 0 Å². The van der Waals surface area contributed by atoms with Crippen LogP contribution in [-0.4, -0.2) is 5.75 Å². The van der Waals surface area contributed by atoms with Crippen LogP contribution in [-0.2, 0) is 0 Å². The van der Waals surface area contributed by atoms with Crippen LogP contribution in [0.4, 0.5) is 0 Å². The van der Waals surface area contributed by atoms with Gasteiger partial charge in [0.1, 0.15) is 0 Å². The first-order valence-electron chi connectivity index (χ1n) is 3.68.